The topological polar surface area (TPSA) is 13.1 Å². The van der Waals surface area contributed by atoms with Crippen molar-refractivity contribution in [2.24, 2.45) is 0 Å². The highest BCUT2D eigenvalue weighted by molar-refractivity contribution is 6.24. The second-order valence-electron chi connectivity index (χ2n) is 19.3. The number of furan rings is 1. The molecule has 1 heteroatoms. The maximum Gasteiger partial charge on any atom is 0.135 e. The molecule has 1 heterocycles. The molecule has 0 fully saturated rings. The number of rotatable bonds is 3. The standard InChI is InChI=1S/C69H40O/c1-4-23-50-44(17-1)45-18-2-10-29-56(45)68-66(50)59-40-57(46-19-3-9-28-55(46)67(59)69(68)60-30-14-11-20-47(60)48-21-12-15-31-61(48)69)41-33-35-42(36-34-41)64-51-24-5-7-26-53(51)65(54-27-8-6-25-52(54)64)43-37-38-63-58(39-43)49-22-13-16-32-62(49)70-63/h1-40H. The van der Waals surface area contributed by atoms with Gasteiger partial charge in [0.25, 0.3) is 0 Å². The summed E-state index contributed by atoms with van der Waals surface area (Å²) in [4.78, 5) is 0. The normalized spacial score (nSPS) is 13.3. The third-order valence-corrected chi connectivity index (χ3v) is 16.0. The Morgan fingerprint density at radius 3 is 1.26 bits per heavy atom. The van der Waals surface area contributed by atoms with Crippen LogP contribution in [0.5, 0.6) is 0 Å². The molecule has 0 N–H and O–H groups in total. The van der Waals surface area contributed by atoms with E-state index in [0.29, 0.717) is 0 Å². The minimum Gasteiger partial charge on any atom is -0.456 e. The van der Waals surface area contributed by atoms with Crippen LogP contribution in [0.1, 0.15) is 22.3 Å². The van der Waals surface area contributed by atoms with Crippen LogP contribution in [0.4, 0.5) is 0 Å². The lowest BCUT2D eigenvalue weighted by Crippen LogP contribution is -2.26. The Labute approximate surface area is 404 Å². The fourth-order valence-corrected chi connectivity index (χ4v) is 13.4. The van der Waals surface area contributed by atoms with E-state index in [2.05, 4.69) is 237 Å². The van der Waals surface area contributed by atoms with E-state index in [1.807, 2.05) is 6.07 Å². The summed E-state index contributed by atoms with van der Waals surface area (Å²) in [6.07, 6.45) is 0. The molecule has 70 heavy (non-hydrogen) atoms. The van der Waals surface area contributed by atoms with Crippen molar-refractivity contribution >= 4 is 75.8 Å². The molecule has 1 nitrogen and oxygen atoms in total. The minimum absolute atomic E-state index is 0.518. The molecule has 0 amide bonds. The van der Waals surface area contributed by atoms with Crippen LogP contribution in [-0.2, 0) is 5.41 Å². The average molecular weight is 885 g/mol. The number of benzene rings is 13. The van der Waals surface area contributed by atoms with Crippen LogP contribution >= 0.6 is 0 Å². The summed E-state index contributed by atoms with van der Waals surface area (Å²) in [5, 5.41) is 15.0. The highest BCUT2D eigenvalue weighted by atomic mass is 16.3. The van der Waals surface area contributed by atoms with E-state index in [-0.39, 0.29) is 0 Å². The van der Waals surface area contributed by atoms with E-state index < -0.39 is 5.41 Å². The Balaban J connectivity index is 0.941. The predicted octanol–water partition coefficient (Wildman–Crippen LogP) is 18.7. The molecule has 0 aliphatic heterocycles. The molecule has 0 saturated heterocycles. The lowest BCUT2D eigenvalue weighted by molar-refractivity contribution is 0.669. The van der Waals surface area contributed by atoms with Crippen LogP contribution in [0, 0.1) is 0 Å². The van der Waals surface area contributed by atoms with Crippen LogP contribution in [0.3, 0.4) is 0 Å². The summed E-state index contributed by atoms with van der Waals surface area (Å²) >= 11 is 0. The first-order valence-electron chi connectivity index (χ1n) is 24.4. The van der Waals surface area contributed by atoms with Gasteiger partial charge in [-0.25, -0.2) is 0 Å². The van der Waals surface area contributed by atoms with Crippen molar-refractivity contribution in [3.05, 3.63) is 265 Å². The van der Waals surface area contributed by atoms with Crippen molar-refractivity contribution in [2.75, 3.05) is 0 Å². The first-order chi connectivity index (χ1) is 34.8. The van der Waals surface area contributed by atoms with Crippen molar-refractivity contribution < 1.29 is 4.42 Å². The van der Waals surface area contributed by atoms with Gasteiger partial charge in [0.05, 0.1) is 5.41 Å². The van der Waals surface area contributed by atoms with Crippen molar-refractivity contribution in [1.29, 1.82) is 0 Å². The van der Waals surface area contributed by atoms with Crippen molar-refractivity contribution in [3.8, 4) is 55.6 Å². The summed E-state index contributed by atoms with van der Waals surface area (Å²) in [7, 11) is 0. The van der Waals surface area contributed by atoms with Gasteiger partial charge in [0.2, 0.25) is 0 Å². The molecule has 2 aliphatic carbocycles. The zero-order valence-corrected chi connectivity index (χ0v) is 38.0. The molecule has 13 aromatic carbocycles. The monoisotopic (exact) mass is 884 g/mol. The van der Waals surface area contributed by atoms with E-state index in [0.717, 1.165) is 21.9 Å². The summed E-state index contributed by atoms with van der Waals surface area (Å²) in [6, 6.07) is 90.7. The van der Waals surface area contributed by atoms with E-state index in [1.54, 1.807) is 0 Å². The van der Waals surface area contributed by atoms with Gasteiger partial charge in [-0.15, -0.1) is 0 Å². The summed E-state index contributed by atoms with van der Waals surface area (Å²) in [6.45, 7) is 0. The Kier molecular flexibility index (Phi) is 7.60. The SMILES string of the molecule is c1ccc2c(c1)-c1ccccc1C21c2c(cc(-c3ccc(-c4c5ccccc5c(-c5ccc6oc7ccccc7c6c5)c5ccccc45)cc3)c3ccccc23)-c2c1c1ccccc1c1ccccc21. The second-order valence-corrected chi connectivity index (χ2v) is 19.3. The lowest BCUT2D eigenvalue weighted by Gasteiger charge is -2.33. The maximum absolute atomic E-state index is 6.28. The Morgan fingerprint density at radius 2 is 0.643 bits per heavy atom. The van der Waals surface area contributed by atoms with Crippen LogP contribution in [0.25, 0.3) is 131 Å². The average Bonchev–Trinajstić information content (AvgIpc) is 4.07. The van der Waals surface area contributed by atoms with E-state index in [4.69, 9.17) is 4.42 Å². The first kappa shape index (κ1) is 38.0. The highest BCUT2D eigenvalue weighted by Crippen LogP contribution is 2.67. The summed E-state index contributed by atoms with van der Waals surface area (Å²) in [5.74, 6) is 0. The van der Waals surface area contributed by atoms with Gasteiger partial charge in [-0.05, 0) is 156 Å². The maximum atomic E-state index is 6.28. The highest BCUT2D eigenvalue weighted by Gasteiger charge is 2.54. The van der Waals surface area contributed by atoms with Gasteiger partial charge < -0.3 is 4.42 Å². The fourth-order valence-electron chi connectivity index (χ4n) is 13.4. The lowest BCUT2D eigenvalue weighted by atomic mass is 9.68. The Morgan fingerprint density at radius 1 is 0.229 bits per heavy atom. The van der Waals surface area contributed by atoms with Gasteiger partial charge >= 0.3 is 0 Å². The first-order valence-corrected chi connectivity index (χ1v) is 24.4. The van der Waals surface area contributed by atoms with Crippen molar-refractivity contribution in [1.82, 2.24) is 0 Å². The minimum atomic E-state index is -0.518. The molecule has 1 aromatic heterocycles. The number of hydrogen-bond donors (Lipinski definition) is 0. The van der Waals surface area contributed by atoms with Crippen molar-refractivity contribution in [2.45, 2.75) is 5.41 Å². The largest absolute Gasteiger partial charge is 0.456 e. The van der Waals surface area contributed by atoms with Crippen LogP contribution in [-0.4, -0.2) is 0 Å². The molecule has 322 valence electrons. The van der Waals surface area contributed by atoms with Crippen molar-refractivity contribution in [3.63, 3.8) is 0 Å². The second kappa shape index (κ2) is 14.0. The Bertz CT molecular complexity index is 4480. The predicted molar refractivity (Wildman–Crippen MR) is 294 cm³/mol. The van der Waals surface area contributed by atoms with E-state index >= 15 is 0 Å². The van der Waals surface area contributed by atoms with E-state index in [1.165, 1.54) is 132 Å². The van der Waals surface area contributed by atoms with Gasteiger partial charge in [-0.2, -0.15) is 0 Å². The molecular formula is C69H40O. The van der Waals surface area contributed by atoms with Crippen LogP contribution in [0.2, 0.25) is 0 Å². The zero-order valence-electron chi connectivity index (χ0n) is 38.0. The van der Waals surface area contributed by atoms with E-state index in [9.17, 15) is 0 Å². The number of para-hydroxylation sites is 1. The van der Waals surface area contributed by atoms with Crippen LogP contribution in [0.15, 0.2) is 247 Å². The summed E-state index contributed by atoms with van der Waals surface area (Å²) < 4.78 is 6.28. The zero-order chi connectivity index (χ0) is 45.7. The number of hydrogen-bond acceptors (Lipinski definition) is 1. The Hall–Kier alpha value is -9.04. The molecule has 0 unspecified atom stereocenters. The third-order valence-electron chi connectivity index (χ3n) is 16.0. The van der Waals surface area contributed by atoms with Gasteiger partial charge in [0, 0.05) is 10.8 Å². The molecule has 0 bridgehead atoms. The fraction of sp³-hybridized carbons (Fsp3) is 0.0145. The smallest absolute Gasteiger partial charge is 0.135 e. The molecule has 1 spiro atoms. The third kappa shape index (κ3) is 4.86. The molecule has 2 aliphatic rings. The van der Waals surface area contributed by atoms with Gasteiger partial charge in [0.1, 0.15) is 11.2 Å². The molecule has 16 rings (SSSR count). The van der Waals surface area contributed by atoms with Gasteiger partial charge in [-0.3, -0.25) is 0 Å². The van der Waals surface area contributed by atoms with Gasteiger partial charge in [0.15, 0.2) is 0 Å². The molecule has 14 aromatic rings. The van der Waals surface area contributed by atoms with Crippen LogP contribution < -0.4 is 0 Å². The molecule has 0 atom stereocenters. The molecule has 0 radical (unpaired) electrons. The number of fused-ring (bicyclic) bond motifs is 22. The van der Waals surface area contributed by atoms with Gasteiger partial charge in [-0.1, -0.05) is 218 Å². The molecular weight excluding hydrogens is 845 g/mol. The molecule has 0 saturated carbocycles. The quantitative estimate of drug-likeness (QED) is 0.127. The summed E-state index contributed by atoms with van der Waals surface area (Å²) in [5.41, 5.74) is 19.4.